The van der Waals surface area contributed by atoms with Gasteiger partial charge in [0.05, 0.1) is 49.1 Å². The van der Waals surface area contributed by atoms with E-state index in [9.17, 15) is 19.7 Å². The first-order valence-corrected chi connectivity index (χ1v) is 10.4. The van der Waals surface area contributed by atoms with Crippen LogP contribution >= 0.6 is 0 Å². The molecule has 5 rings (SSSR count). The number of allylic oxidation sites excluding steroid dienone is 2. The molecule has 166 valence electrons. The molecule has 10 nitrogen and oxygen atoms in total. The van der Waals surface area contributed by atoms with E-state index in [1.54, 1.807) is 6.20 Å². The normalized spacial score (nSPS) is 25.5. The zero-order valence-corrected chi connectivity index (χ0v) is 17.6. The van der Waals surface area contributed by atoms with Crippen molar-refractivity contribution < 1.29 is 24.0 Å². The maximum Gasteiger partial charge on any atom is 0.297 e. The highest BCUT2D eigenvalue weighted by Crippen LogP contribution is 2.52. The average molecular weight is 438 g/mol. The van der Waals surface area contributed by atoms with Crippen molar-refractivity contribution in [1.82, 2.24) is 14.5 Å². The van der Waals surface area contributed by atoms with Crippen LogP contribution in [0.2, 0.25) is 0 Å². The lowest BCUT2D eigenvalue weighted by Crippen LogP contribution is -2.34. The van der Waals surface area contributed by atoms with Gasteiger partial charge in [-0.3, -0.25) is 29.2 Å². The van der Waals surface area contributed by atoms with Crippen LogP contribution in [0.3, 0.4) is 0 Å². The number of benzene rings is 1. The van der Waals surface area contributed by atoms with Crippen LogP contribution in [0.5, 0.6) is 11.5 Å². The molecule has 1 aliphatic heterocycles. The van der Waals surface area contributed by atoms with Gasteiger partial charge in [-0.2, -0.15) is 0 Å². The number of carbonyl (C=O) groups excluding carboxylic acids is 2. The number of imide groups is 1. The fourth-order valence-electron chi connectivity index (χ4n) is 5.25. The number of carbonyl (C=O) groups is 2. The molecule has 10 heteroatoms. The van der Waals surface area contributed by atoms with Gasteiger partial charge in [0.1, 0.15) is 5.69 Å². The van der Waals surface area contributed by atoms with Crippen LogP contribution in [0.1, 0.15) is 12.1 Å². The van der Waals surface area contributed by atoms with Crippen LogP contribution < -0.4 is 9.47 Å². The molecular weight excluding hydrogens is 416 g/mol. The highest BCUT2D eigenvalue weighted by molar-refractivity contribution is 6.06. The predicted octanol–water partition coefficient (Wildman–Crippen LogP) is 2.15. The Hall–Kier alpha value is -3.69. The number of fused-ring (bicyclic) bond motifs is 5. The number of rotatable bonds is 7. The third-order valence-electron chi connectivity index (χ3n) is 6.74. The molecule has 2 fully saturated rings. The van der Waals surface area contributed by atoms with Gasteiger partial charge >= 0.3 is 0 Å². The molecule has 2 aromatic rings. The van der Waals surface area contributed by atoms with E-state index in [0.29, 0.717) is 17.9 Å². The van der Waals surface area contributed by atoms with Gasteiger partial charge in [-0.15, -0.1) is 0 Å². The van der Waals surface area contributed by atoms with Gasteiger partial charge in [0, 0.05) is 25.2 Å². The summed E-state index contributed by atoms with van der Waals surface area (Å²) in [5.74, 6) is 0.342. The Kier molecular flexibility index (Phi) is 4.72. The first-order valence-electron chi connectivity index (χ1n) is 10.4. The summed E-state index contributed by atoms with van der Waals surface area (Å²) in [7, 11) is 2.86. The molecule has 1 saturated heterocycles. The lowest BCUT2D eigenvalue weighted by molar-refractivity contribution is -0.384. The average Bonchev–Trinajstić information content (AvgIpc) is 3.56. The number of hydrogen-bond donors (Lipinski definition) is 0. The molecule has 4 atom stereocenters. The van der Waals surface area contributed by atoms with E-state index in [1.807, 2.05) is 0 Å². The number of ether oxygens (including phenoxy) is 2. The van der Waals surface area contributed by atoms with E-state index in [4.69, 9.17) is 9.47 Å². The van der Waals surface area contributed by atoms with Gasteiger partial charge < -0.3 is 9.47 Å². The number of nitro groups is 1. The molecular formula is C22H22N4O6. The van der Waals surface area contributed by atoms with Gasteiger partial charge in [-0.25, -0.2) is 4.98 Å². The summed E-state index contributed by atoms with van der Waals surface area (Å²) < 4.78 is 12.0. The first-order chi connectivity index (χ1) is 15.4. The lowest BCUT2D eigenvalue weighted by atomic mass is 9.85. The second-order valence-corrected chi connectivity index (χ2v) is 8.30. The molecule has 4 unspecified atom stereocenters. The van der Waals surface area contributed by atoms with E-state index in [1.165, 1.54) is 42.1 Å². The molecule has 2 heterocycles. The molecule has 1 aromatic carbocycles. The summed E-state index contributed by atoms with van der Waals surface area (Å²) in [5, 5.41) is 11.6. The van der Waals surface area contributed by atoms with Crippen LogP contribution in [0, 0.1) is 33.8 Å². The lowest BCUT2D eigenvalue weighted by Gasteiger charge is -2.16. The van der Waals surface area contributed by atoms with Crippen molar-refractivity contribution in [3.8, 4) is 17.2 Å². The third-order valence-corrected chi connectivity index (χ3v) is 6.74. The van der Waals surface area contributed by atoms with E-state index in [-0.39, 0.29) is 59.2 Å². The number of nitrogens with zero attached hydrogens (tertiary/aromatic N) is 4. The van der Waals surface area contributed by atoms with E-state index >= 15 is 0 Å². The number of hydrogen-bond acceptors (Lipinski definition) is 7. The molecule has 1 saturated carbocycles. The number of amides is 2. The topological polar surface area (TPSA) is 117 Å². The fraction of sp³-hybridized carbons (Fsp3) is 0.409. The number of methoxy groups -OCH3 is 2. The van der Waals surface area contributed by atoms with E-state index < -0.39 is 4.92 Å². The van der Waals surface area contributed by atoms with Crippen molar-refractivity contribution in [3.05, 3.63) is 52.6 Å². The highest BCUT2D eigenvalue weighted by Gasteiger charge is 2.58. The van der Waals surface area contributed by atoms with E-state index in [2.05, 4.69) is 17.1 Å². The molecule has 0 spiro atoms. The number of imidazole rings is 1. The van der Waals surface area contributed by atoms with Gasteiger partial charge in [-0.05, 0) is 18.3 Å². The van der Waals surface area contributed by atoms with Crippen molar-refractivity contribution in [3.63, 3.8) is 0 Å². The minimum Gasteiger partial charge on any atom is -0.493 e. The summed E-state index contributed by atoms with van der Waals surface area (Å²) in [5.41, 5.74) is 0.733. The fourth-order valence-corrected chi connectivity index (χ4v) is 5.25. The Labute approximate surface area is 183 Å². The quantitative estimate of drug-likeness (QED) is 0.281. The molecule has 0 N–H and O–H groups in total. The maximum atomic E-state index is 12.8. The van der Waals surface area contributed by atoms with Crippen molar-refractivity contribution in [1.29, 1.82) is 0 Å². The summed E-state index contributed by atoms with van der Waals surface area (Å²) in [4.78, 5) is 42.4. The molecule has 1 aromatic heterocycles. The second kappa shape index (κ2) is 7.47. The van der Waals surface area contributed by atoms with Crippen LogP contribution in [0.25, 0.3) is 5.69 Å². The minimum absolute atomic E-state index is 0.0909. The number of aromatic nitrogens is 2. The smallest absolute Gasteiger partial charge is 0.297 e. The summed E-state index contributed by atoms with van der Waals surface area (Å²) in [6, 6.07) is 2.82. The van der Waals surface area contributed by atoms with Crippen molar-refractivity contribution in [2.45, 2.75) is 12.8 Å². The molecule has 2 aliphatic carbocycles. The predicted molar refractivity (Wildman–Crippen MR) is 111 cm³/mol. The van der Waals surface area contributed by atoms with Crippen molar-refractivity contribution in [2.24, 2.45) is 23.7 Å². The van der Waals surface area contributed by atoms with E-state index in [0.717, 1.165) is 6.42 Å². The SMILES string of the molecule is COc1cc(-n2cnc(CCN3C(=O)C4C5C=CC(C5)C4C3=O)c2)c([N+](=O)[O-])cc1OC. The zero-order valence-electron chi connectivity index (χ0n) is 17.6. The minimum atomic E-state index is -0.500. The Morgan fingerprint density at radius 3 is 2.31 bits per heavy atom. The Morgan fingerprint density at radius 2 is 1.72 bits per heavy atom. The highest BCUT2D eigenvalue weighted by atomic mass is 16.6. The molecule has 2 bridgehead atoms. The maximum absolute atomic E-state index is 12.8. The summed E-state index contributed by atoms with van der Waals surface area (Å²) in [6.07, 6.45) is 8.53. The van der Waals surface area contributed by atoms with Gasteiger partial charge in [0.25, 0.3) is 5.69 Å². The standard InChI is InChI=1S/C22H22N4O6/c1-31-17-8-15(16(26(29)30)9-18(17)32-2)24-10-14(23-11-24)5-6-25-21(27)19-12-3-4-13(7-12)20(19)22(25)28/h3-4,8-13,19-20H,5-7H2,1-2H3. The summed E-state index contributed by atoms with van der Waals surface area (Å²) >= 11 is 0. The van der Waals surface area contributed by atoms with Crippen molar-refractivity contribution >= 4 is 17.5 Å². The molecule has 32 heavy (non-hydrogen) atoms. The van der Waals surface area contributed by atoms with Crippen LogP contribution in [-0.2, 0) is 16.0 Å². The Morgan fingerprint density at radius 1 is 1.09 bits per heavy atom. The Balaban J connectivity index is 1.35. The largest absolute Gasteiger partial charge is 0.493 e. The van der Waals surface area contributed by atoms with Gasteiger partial charge in [0.15, 0.2) is 11.5 Å². The monoisotopic (exact) mass is 438 g/mol. The number of nitro benzene ring substituents is 1. The van der Waals surface area contributed by atoms with Crippen molar-refractivity contribution in [2.75, 3.05) is 20.8 Å². The molecule has 3 aliphatic rings. The second-order valence-electron chi connectivity index (χ2n) is 8.30. The zero-order chi connectivity index (χ0) is 22.6. The third kappa shape index (κ3) is 2.97. The van der Waals surface area contributed by atoms with Gasteiger partial charge in [0.2, 0.25) is 11.8 Å². The van der Waals surface area contributed by atoms with Crippen LogP contribution in [0.15, 0.2) is 36.8 Å². The van der Waals surface area contributed by atoms with Gasteiger partial charge in [-0.1, -0.05) is 12.2 Å². The first kappa shape index (κ1) is 20.2. The van der Waals surface area contributed by atoms with Crippen LogP contribution in [0.4, 0.5) is 5.69 Å². The molecule has 0 radical (unpaired) electrons. The van der Waals surface area contributed by atoms with Crippen LogP contribution in [-0.4, -0.2) is 52.0 Å². The molecule has 2 amide bonds. The Bertz CT molecular complexity index is 1130. The summed E-state index contributed by atoms with van der Waals surface area (Å²) in [6.45, 7) is 0.245. The number of likely N-dealkylation sites (tertiary alicyclic amines) is 1.